The highest BCUT2D eigenvalue weighted by molar-refractivity contribution is 5.82. The molecule has 3 heteroatoms. The number of likely N-dealkylation sites (N-methyl/N-ethyl adjacent to an activating group) is 1. The minimum Gasteiger partial charge on any atom is -0.301 e. The van der Waals surface area contributed by atoms with E-state index >= 15 is 0 Å². The van der Waals surface area contributed by atoms with Crippen molar-refractivity contribution < 1.29 is 4.79 Å². The van der Waals surface area contributed by atoms with E-state index in [2.05, 4.69) is 23.6 Å². The molecule has 0 spiro atoms. The molecule has 0 aromatic carbocycles. The molecule has 3 nitrogen and oxygen atoms in total. The lowest BCUT2D eigenvalue weighted by Gasteiger charge is -2.39. The molecule has 1 heterocycles. The Bertz CT molecular complexity index is 216. The summed E-state index contributed by atoms with van der Waals surface area (Å²) in [5.74, 6) is 0.535. The lowest BCUT2D eigenvalue weighted by molar-refractivity contribution is -0.124. The molecule has 0 aromatic rings. The van der Waals surface area contributed by atoms with Crippen molar-refractivity contribution in [2.24, 2.45) is 5.92 Å². The molecule has 0 saturated carbocycles. The van der Waals surface area contributed by atoms with Gasteiger partial charge in [-0.15, -0.1) is 0 Å². The normalized spacial score (nSPS) is 24.7. The first-order valence-corrected chi connectivity index (χ1v) is 6.03. The van der Waals surface area contributed by atoms with E-state index in [4.69, 9.17) is 0 Å². The number of nitrogens with zero attached hydrogens (tertiary/aromatic N) is 2. The van der Waals surface area contributed by atoms with Crippen LogP contribution in [0.3, 0.4) is 0 Å². The van der Waals surface area contributed by atoms with Crippen molar-refractivity contribution in [3.05, 3.63) is 0 Å². The number of hydrogen-bond donors (Lipinski definition) is 0. The minimum atomic E-state index is 0.168. The Morgan fingerprint density at radius 1 is 1.40 bits per heavy atom. The van der Waals surface area contributed by atoms with E-state index in [0.29, 0.717) is 18.4 Å². The van der Waals surface area contributed by atoms with Gasteiger partial charge in [-0.3, -0.25) is 9.69 Å². The van der Waals surface area contributed by atoms with Crippen LogP contribution in [0.15, 0.2) is 0 Å². The highest BCUT2D eigenvalue weighted by atomic mass is 16.1. The van der Waals surface area contributed by atoms with Gasteiger partial charge in [0, 0.05) is 31.6 Å². The van der Waals surface area contributed by atoms with Gasteiger partial charge >= 0.3 is 0 Å². The number of ketones is 1. The number of carbonyl (C=O) groups is 1. The second-order valence-electron chi connectivity index (χ2n) is 4.83. The van der Waals surface area contributed by atoms with Gasteiger partial charge in [0.1, 0.15) is 5.78 Å². The molecule has 1 aliphatic rings. The zero-order chi connectivity index (χ0) is 11.4. The van der Waals surface area contributed by atoms with Crippen LogP contribution in [-0.4, -0.2) is 54.3 Å². The lowest BCUT2D eigenvalue weighted by Crippen LogP contribution is -2.53. The monoisotopic (exact) mass is 212 g/mol. The summed E-state index contributed by atoms with van der Waals surface area (Å²) in [5, 5.41) is 0. The van der Waals surface area contributed by atoms with Crippen LogP contribution in [-0.2, 0) is 4.79 Å². The Morgan fingerprint density at radius 2 is 2.07 bits per heavy atom. The third-order valence-electron chi connectivity index (χ3n) is 3.30. The first kappa shape index (κ1) is 12.7. The summed E-state index contributed by atoms with van der Waals surface area (Å²) < 4.78 is 0. The zero-order valence-corrected chi connectivity index (χ0v) is 10.5. The minimum absolute atomic E-state index is 0.168. The van der Waals surface area contributed by atoms with Crippen molar-refractivity contribution in [2.75, 3.05) is 32.7 Å². The number of carbonyl (C=O) groups excluding carboxylic acids is 1. The van der Waals surface area contributed by atoms with Gasteiger partial charge in [0.15, 0.2) is 0 Å². The molecule has 1 aliphatic heterocycles. The SMILES string of the molecule is CCN1CCN(CC(=O)C(C)C)C(C)C1. The first-order valence-electron chi connectivity index (χ1n) is 6.03. The van der Waals surface area contributed by atoms with Crippen LogP contribution < -0.4 is 0 Å². The summed E-state index contributed by atoms with van der Waals surface area (Å²) in [5.41, 5.74) is 0. The van der Waals surface area contributed by atoms with Crippen LogP contribution in [0.2, 0.25) is 0 Å². The summed E-state index contributed by atoms with van der Waals surface area (Å²) in [6.45, 7) is 13.4. The van der Waals surface area contributed by atoms with Gasteiger partial charge in [-0.1, -0.05) is 20.8 Å². The summed E-state index contributed by atoms with van der Waals surface area (Å²) in [6.07, 6.45) is 0. The van der Waals surface area contributed by atoms with Gasteiger partial charge < -0.3 is 4.90 Å². The fourth-order valence-electron chi connectivity index (χ4n) is 1.98. The standard InChI is InChI=1S/C12H24N2O/c1-5-13-6-7-14(11(4)8-13)9-12(15)10(2)3/h10-11H,5-9H2,1-4H3. The Hall–Kier alpha value is -0.410. The zero-order valence-electron chi connectivity index (χ0n) is 10.5. The van der Waals surface area contributed by atoms with Crippen molar-refractivity contribution in [2.45, 2.75) is 33.7 Å². The quantitative estimate of drug-likeness (QED) is 0.700. The van der Waals surface area contributed by atoms with Crippen LogP contribution >= 0.6 is 0 Å². The van der Waals surface area contributed by atoms with Crippen molar-refractivity contribution in [3.63, 3.8) is 0 Å². The predicted octanol–water partition coefficient (Wildman–Crippen LogP) is 1.24. The van der Waals surface area contributed by atoms with E-state index in [1.165, 1.54) is 0 Å². The summed E-state index contributed by atoms with van der Waals surface area (Å²) in [6, 6.07) is 0.515. The first-order chi connectivity index (χ1) is 7.04. The molecule has 0 bridgehead atoms. The van der Waals surface area contributed by atoms with Gasteiger partial charge in [-0.2, -0.15) is 0 Å². The number of hydrogen-bond acceptors (Lipinski definition) is 3. The fourth-order valence-corrected chi connectivity index (χ4v) is 1.98. The smallest absolute Gasteiger partial charge is 0.149 e. The maximum Gasteiger partial charge on any atom is 0.149 e. The van der Waals surface area contributed by atoms with Gasteiger partial charge in [-0.25, -0.2) is 0 Å². The molecule has 0 aliphatic carbocycles. The fraction of sp³-hybridized carbons (Fsp3) is 0.917. The molecular formula is C12H24N2O. The van der Waals surface area contributed by atoms with Crippen molar-refractivity contribution in [1.82, 2.24) is 9.80 Å². The average Bonchev–Trinajstić information content (AvgIpc) is 2.20. The molecule has 88 valence electrons. The van der Waals surface area contributed by atoms with Gasteiger partial charge in [0.2, 0.25) is 0 Å². The Kier molecular flexibility index (Phi) is 4.74. The lowest BCUT2D eigenvalue weighted by atomic mass is 10.1. The largest absolute Gasteiger partial charge is 0.301 e. The van der Waals surface area contributed by atoms with E-state index in [0.717, 1.165) is 26.2 Å². The number of rotatable bonds is 4. The highest BCUT2D eigenvalue weighted by Gasteiger charge is 2.24. The summed E-state index contributed by atoms with van der Waals surface area (Å²) in [4.78, 5) is 16.4. The molecular weight excluding hydrogens is 188 g/mol. The maximum absolute atomic E-state index is 11.7. The summed E-state index contributed by atoms with van der Waals surface area (Å²) >= 11 is 0. The van der Waals surface area contributed by atoms with Crippen LogP contribution in [0.25, 0.3) is 0 Å². The highest BCUT2D eigenvalue weighted by Crippen LogP contribution is 2.10. The molecule has 15 heavy (non-hydrogen) atoms. The number of Topliss-reactive ketones (excluding diaryl/α,β-unsaturated/α-hetero) is 1. The van der Waals surface area contributed by atoms with Gasteiger partial charge in [0.05, 0.1) is 6.54 Å². The second kappa shape index (κ2) is 5.61. The van der Waals surface area contributed by atoms with E-state index in [1.54, 1.807) is 0 Å². The van der Waals surface area contributed by atoms with E-state index in [9.17, 15) is 4.79 Å². The second-order valence-corrected chi connectivity index (χ2v) is 4.83. The van der Waals surface area contributed by atoms with Crippen LogP contribution in [0.5, 0.6) is 0 Å². The van der Waals surface area contributed by atoms with Gasteiger partial charge in [-0.05, 0) is 13.5 Å². The van der Waals surface area contributed by atoms with Crippen LogP contribution in [0, 0.1) is 5.92 Å². The molecule has 1 unspecified atom stereocenters. The van der Waals surface area contributed by atoms with E-state index in [-0.39, 0.29) is 5.92 Å². The average molecular weight is 212 g/mol. The summed E-state index contributed by atoms with van der Waals surface area (Å²) in [7, 11) is 0. The van der Waals surface area contributed by atoms with Crippen molar-refractivity contribution in [1.29, 1.82) is 0 Å². The third-order valence-corrected chi connectivity index (χ3v) is 3.30. The molecule has 1 rings (SSSR count). The maximum atomic E-state index is 11.7. The Morgan fingerprint density at radius 3 is 2.53 bits per heavy atom. The molecule has 0 aromatic heterocycles. The molecule has 1 atom stereocenters. The third kappa shape index (κ3) is 3.58. The molecule has 0 radical (unpaired) electrons. The van der Waals surface area contributed by atoms with E-state index < -0.39 is 0 Å². The molecule has 0 amide bonds. The number of piperazine rings is 1. The predicted molar refractivity (Wildman–Crippen MR) is 63.0 cm³/mol. The van der Waals surface area contributed by atoms with Crippen LogP contribution in [0.4, 0.5) is 0 Å². The van der Waals surface area contributed by atoms with Crippen molar-refractivity contribution >= 4 is 5.78 Å². The van der Waals surface area contributed by atoms with Crippen LogP contribution in [0.1, 0.15) is 27.7 Å². The van der Waals surface area contributed by atoms with Crippen molar-refractivity contribution in [3.8, 4) is 0 Å². The molecule has 1 saturated heterocycles. The van der Waals surface area contributed by atoms with E-state index in [1.807, 2.05) is 13.8 Å². The Balaban J connectivity index is 2.41. The Labute approximate surface area is 93.4 Å². The molecule has 1 fully saturated rings. The van der Waals surface area contributed by atoms with Gasteiger partial charge in [0.25, 0.3) is 0 Å². The topological polar surface area (TPSA) is 23.6 Å². The molecule has 0 N–H and O–H groups in total.